The van der Waals surface area contributed by atoms with Gasteiger partial charge in [-0.3, -0.25) is 9.59 Å². The fourth-order valence-corrected chi connectivity index (χ4v) is 3.42. The van der Waals surface area contributed by atoms with E-state index in [0.717, 1.165) is 12.1 Å². The number of aliphatic hydroxyl groups is 1. The summed E-state index contributed by atoms with van der Waals surface area (Å²) in [6.45, 7) is 0.553. The van der Waals surface area contributed by atoms with Crippen LogP contribution < -0.4 is 10.2 Å². The first-order valence-corrected chi connectivity index (χ1v) is 7.99. The van der Waals surface area contributed by atoms with Crippen molar-refractivity contribution < 1.29 is 14.7 Å². The van der Waals surface area contributed by atoms with Crippen molar-refractivity contribution in [2.24, 2.45) is 5.92 Å². The molecule has 2 amide bonds. The Bertz CT molecular complexity index is 593. The van der Waals surface area contributed by atoms with Crippen molar-refractivity contribution in [1.82, 2.24) is 5.32 Å². The van der Waals surface area contributed by atoms with Crippen LogP contribution in [0.3, 0.4) is 0 Å². The van der Waals surface area contributed by atoms with Crippen molar-refractivity contribution in [2.75, 3.05) is 11.4 Å². The van der Waals surface area contributed by atoms with E-state index in [-0.39, 0.29) is 17.7 Å². The topological polar surface area (TPSA) is 69.6 Å². The average molecular weight is 323 g/mol. The lowest BCUT2D eigenvalue weighted by Crippen LogP contribution is -2.45. The summed E-state index contributed by atoms with van der Waals surface area (Å²) in [6, 6.07) is 6.61. The molecular weight excluding hydrogens is 304 g/mol. The predicted octanol–water partition coefficient (Wildman–Crippen LogP) is 1.72. The third-order valence-corrected chi connectivity index (χ3v) is 4.69. The number of rotatable bonds is 3. The van der Waals surface area contributed by atoms with E-state index in [1.807, 2.05) is 6.07 Å². The van der Waals surface area contributed by atoms with Gasteiger partial charge in [-0.2, -0.15) is 0 Å². The van der Waals surface area contributed by atoms with E-state index in [4.69, 9.17) is 11.6 Å². The average Bonchev–Trinajstić information content (AvgIpc) is 3.06. The van der Waals surface area contributed by atoms with E-state index in [1.54, 1.807) is 23.1 Å². The Morgan fingerprint density at radius 2 is 2.14 bits per heavy atom. The molecule has 1 heterocycles. The standard InChI is InChI=1S/C16H19ClN2O3/c17-10-3-1-4-11(9-10)19-8-7-13(16(19)22)18-15(21)12-5-2-6-14(12)20/h1,3-4,9,12-14,20H,2,5-8H2,(H,18,21). The van der Waals surface area contributed by atoms with Gasteiger partial charge in [0.1, 0.15) is 6.04 Å². The van der Waals surface area contributed by atoms with Crippen molar-refractivity contribution in [3.8, 4) is 0 Å². The van der Waals surface area contributed by atoms with Gasteiger partial charge in [0.15, 0.2) is 0 Å². The maximum atomic E-state index is 12.5. The first-order valence-electron chi connectivity index (χ1n) is 7.61. The van der Waals surface area contributed by atoms with Gasteiger partial charge in [-0.15, -0.1) is 0 Å². The van der Waals surface area contributed by atoms with Crippen LogP contribution in [0.4, 0.5) is 5.69 Å². The maximum Gasteiger partial charge on any atom is 0.249 e. The minimum atomic E-state index is -0.583. The molecule has 3 rings (SSSR count). The molecule has 118 valence electrons. The number of aliphatic hydroxyl groups excluding tert-OH is 1. The van der Waals surface area contributed by atoms with Gasteiger partial charge in [-0.25, -0.2) is 0 Å². The number of hydrogen-bond donors (Lipinski definition) is 2. The number of amides is 2. The quantitative estimate of drug-likeness (QED) is 0.890. The lowest BCUT2D eigenvalue weighted by Gasteiger charge is -2.19. The highest BCUT2D eigenvalue weighted by atomic mass is 35.5. The highest BCUT2D eigenvalue weighted by Gasteiger charge is 2.37. The van der Waals surface area contributed by atoms with Gasteiger partial charge in [-0.05, 0) is 43.9 Å². The van der Waals surface area contributed by atoms with E-state index in [2.05, 4.69) is 5.32 Å². The van der Waals surface area contributed by atoms with E-state index >= 15 is 0 Å². The zero-order valence-electron chi connectivity index (χ0n) is 12.2. The molecule has 1 saturated carbocycles. The van der Waals surface area contributed by atoms with Crippen molar-refractivity contribution in [1.29, 1.82) is 0 Å². The van der Waals surface area contributed by atoms with Crippen LogP contribution in [0, 0.1) is 5.92 Å². The molecule has 3 atom stereocenters. The van der Waals surface area contributed by atoms with E-state index in [1.165, 1.54) is 0 Å². The van der Waals surface area contributed by atoms with Crippen molar-refractivity contribution in [2.45, 2.75) is 37.8 Å². The molecule has 1 aromatic rings. The third kappa shape index (κ3) is 2.96. The molecule has 0 aromatic heterocycles. The molecule has 1 saturated heterocycles. The van der Waals surface area contributed by atoms with Gasteiger partial charge in [0.25, 0.3) is 0 Å². The van der Waals surface area contributed by atoms with Gasteiger partial charge in [0.05, 0.1) is 12.0 Å². The molecule has 22 heavy (non-hydrogen) atoms. The van der Waals surface area contributed by atoms with E-state index in [9.17, 15) is 14.7 Å². The number of nitrogens with zero attached hydrogens (tertiary/aromatic N) is 1. The number of halogens is 1. The molecule has 2 fully saturated rings. The van der Waals surface area contributed by atoms with Crippen LogP contribution in [-0.4, -0.2) is 35.6 Å². The smallest absolute Gasteiger partial charge is 0.249 e. The molecule has 6 heteroatoms. The van der Waals surface area contributed by atoms with E-state index in [0.29, 0.717) is 30.8 Å². The molecule has 5 nitrogen and oxygen atoms in total. The summed E-state index contributed by atoms with van der Waals surface area (Å²) in [5.74, 6) is -0.715. The van der Waals surface area contributed by atoms with Crippen LogP contribution in [0.5, 0.6) is 0 Å². The number of carbonyl (C=O) groups is 2. The van der Waals surface area contributed by atoms with Crippen molar-refractivity contribution in [3.63, 3.8) is 0 Å². The molecule has 1 aliphatic carbocycles. The summed E-state index contributed by atoms with van der Waals surface area (Å²) in [4.78, 5) is 26.3. The summed E-state index contributed by atoms with van der Waals surface area (Å²) in [5, 5.41) is 13.2. The molecule has 2 N–H and O–H groups in total. The van der Waals surface area contributed by atoms with Crippen LogP contribution in [0.2, 0.25) is 5.02 Å². The maximum absolute atomic E-state index is 12.5. The Hall–Kier alpha value is -1.59. The number of carbonyl (C=O) groups excluding carboxylic acids is 2. The number of nitrogens with one attached hydrogen (secondary N) is 1. The summed E-state index contributed by atoms with van der Waals surface area (Å²) in [6.07, 6.45) is 2.18. The molecule has 0 radical (unpaired) electrons. The van der Waals surface area contributed by atoms with Crippen LogP contribution in [0.25, 0.3) is 0 Å². The van der Waals surface area contributed by atoms with Gasteiger partial charge >= 0.3 is 0 Å². The normalized spacial score (nSPS) is 28.2. The largest absolute Gasteiger partial charge is 0.392 e. The molecule has 1 aromatic carbocycles. The summed E-state index contributed by atoms with van der Waals surface area (Å²) >= 11 is 5.96. The summed E-state index contributed by atoms with van der Waals surface area (Å²) < 4.78 is 0. The van der Waals surface area contributed by atoms with Crippen molar-refractivity contribution >= 4 is 29.1 Å². The van der Waals surface area contributed by atoms with Gasteiger partial charge in [-0.1, -0.05) is 17.7 Å². The number of hydrogen-bond acceptors (Lipinski definition) is 3. The second kappa shape index (κ2) is 6.26. The Morgan fingerprint density at radius 3 is 2.82 bits per heavy atom. The van der Waals surface area contributed by atoms with Crippen LogP contribution >= 0.6 is 11.6 Å². The monoisotopic (exact) mass is 322 g/mol. The van der Waals surface area contributed by atoms with Gasteiger partial charge in [0.2, 0.25) is 11.8 Å². The Labute approximate surface area is 134 Å². The Kier molecular flexibility index (Phi) is 4.36. The minimum absolute atomic E-state index is 0.122. The second-order valence-corrected chi connectivity index (χ2v) is 6.36. The number of anilines is 1. The Morgan fingerprint density at radius 1 is 1.32 bits per heavy atom. The fourth-order valence-electron chi connectivity index (χ4n) is 3.24. The summed E-state index contributed by atoms with van der Waals surface area (Å²) in [7, 11) is 0. The van der Waals surface area contributed by atoms with E-state index < -0.39 is 12.1 Å². The zero-order valence-corrected chi connectivity index (χ0v) is 12.9. The Balaban J connectivity index is 1.65. The molecule has 0 spiro atoms. The number of benzene rings is 1. The predicted molar refractivity (Wildman–Crippen MR) is 83.7 cm³/mol. The van der Waals surface area contributed by atoms with Gasteiger partial charge in [0, 0.05) is 17.3 Å². The first-order chi connectivity index (χ1) is 10.6. The summed E-state index contributed by atoms with van der Waals surface area (Å²) in [5.41, 5.74) is 0.746. The fraction of sp³-hybridized carbons (Fsp3) is 0.500. The van der Waals surface area contributed by atoms with Crippen LogP contribution in [-0.2, 0) is 9.59 Å². The molecule has 3 unspecified atom stereocenters. The highest BCUT2D eigenvalue weighted by molar-refractivity contribution is 6.31. The lowest BCUT2D eigenvalue weighted by molar-refractivity contribution is -0.131. The molecule has 2 aliphatic rings. The molecule has 0 bridgehead atoms. The molecular formula is C16H19ClN2O3. The lowest BCUT2D eigenvalue weighted by atomic mass is 10.0. The van der Waals surface area contributed by atoms with Gasteiger partial charge < -0.3 is 15.3 Å². The highest BCUT2D eigenvalue weighted by Crippen LogP contribution is 2.27. The van der Waals surface area contributed by atoms with Crippen LogP contribution in [0.1, 0.15) is 25.7 Å². The third-order valence-electron chi connectivity index (χ3n) is 4.46. The second-order valence-electron chi connectivity index (χ2n) is 5.92. The molecule has 1 aliphatic heterocycles. The van der Waals surface area contributed by atoms with Crippen molar-refractivity contribution in [3.05, 3.63) is 29.3 Å². The minimum Gasteiger partial charge on any atom is -0.392 e. The van der Waals surface area contributed by atoms with Crippen LogP contribution in [0.15, 0.2) is 24.3 Å². The zero-order chi connectivity index (χ0) is 15.7. The first kappa shape index (κ1) is 15.3. The SMILES string of the molecule is O=C(NC1CCN(c2cccc(Cl)c2)C1=O)C1CCCC1O.